The van der Waals surface area contributed by atoms with E-state index in [1.807, 2.05) is 36.4 Å². The SMILES string of the molecule is Cc1cc(C)c(-c2cccc(CC(=O)C3(c4ccc5c(c4)OCO5)CC3)n2)c(C)c1. The molecular formula is C26H25NO3. The van der Waals surface area contributed by atoms with Gasteiger partial charge in [0.05, 0.1) is 11.1 Å². The van der Waals surface area contributed by atoms with Crippen LogP contribution in [0.4, 0.5) is 0 Å². The third-order valence-corrected chi connectivity index (χ3v) is 6.29. The molecule has 4 nitrogen and oxygen atoms in total. The van der Waals surface area contributed by atoms with Gasteiger partial charge in [0.15, 0.2) is 11.5 Å². The molecule has 0 N–H and O–H groups in total. The highest BCUT2D eigenvalue weighted by Gasteiger charge is 2.51. The molecule has 1 aliphatic carbocycles. The van der Waals surface area contributed by atoms with Gasteiger partial charge in [-0.2, -0.15) is 0 Å². The average Bonchev–Trinajstić information content (AvgIpc) is 3.39. The lowest BCUT2D eigenvalue weighted by Gasteiger charge is -2.16. The molecule has 5 rings (SSSR count). The highest BCUT2D eigenvalue weighted by molar-refractivity contribution is 5.94. The minimum Gasteiger partial charge on any atom is -0.454 e. The van der Waals surface area contributed by atoms with Crippen LogP contribution in [0.2, 0.25) is 0 Å². The van der Waals surface area contributed by atoms with Crippen molar-refractivity contribution in [1.29, 1.82) is 0 Å². The molecule has 30 heavy (non-hydrogen) atoms. The minimum absolute atomic E-state index is 0.225. The van der Waals surface area contributed by atoms with E-state index < -0.39 is 5.41 Å². The molecule has 3 aromatic rings. The van der Waals surface area contributed by atoms with Crippen molar-refractivity contribution in [2.45, 2.75) is 45.4 Å². The zero-order valence-corrected chi connectivity index (χ0v) is 17.6. The van der Waals surface area contributed by atoms with Crippen LogP contribution >= 0.6 is 0 Å². The molecule has 4 heteroatoms. The van der Waals surface area contributed by atoms with Crippen molar-refractivity contribution >= 4 is 5.78 Å². The van der Waals surface area contributed by atoms with E-state index in [0.717, 1.165) is 46.9 Å². The zero-order valence-electron chi connectivity index (χ0n) is 17.6. The predicted molar refractivity (Wildman–Crippen MR) is 116 cm³/mol. The standard InChI is InChI=1S/C26H25NO3/c1-16-11-17(2)25(18(3)12-16)21-6-4-5-20(27-21)14-24(28)26(9-10-26)19-7-8-22-23(13-19)30-15-29-22/h4-8,11-13H,9-10,14-15H2,1-3H3. The molecule has 0 amide bonds. The smallest absolute Gasteiger partial charge is 0.231 e. The molecule has 0 bridgehead atoms. The molecule has 1 fully saturated rings. The summed E-state index contributed by atoms with van der Waals surface area (Å²) < 4.78 is 10.9. The maximum Gasteiger partial charge on any atom is 0.231 e. The molecular weight excluding hydrogens is 374 g/mol. The molecule has 0 atom stereocenters. The van der Waals surface area contributed by atoms with Crippen molar-refractivity contribution in [1.82, 2.24) is 4.98 Å². The zero-order chi connectivity index (χ0) is 20.9. The Bertz CT molecular complexity index is 1140. The van der Waals surface area contributed by atoms with Crippen LogP contribution in [0.3, 0.4) is 0 Å². The summed E-state index contributed by atoms with van der Waals surface area (Å²) in [6.07, 6.45) is 2.09. The number of rotatable bonds is 5. The van der Waals surface area contributed by atoms with Crippen molar-refractivity contribution in [3.8, 4) is 22.8 Å². The minimum atomic E-state index is -0.408. The molecule has 2 aliphatic rings. The number of aryl methyl sites for hydroxylation is 3. The number of carbonyl (C=O) groups excluding carboxylic acids is 1. The van der Waals surface area contributed by atoms with Gasteiger partial charge in [0.2, 0.25) is 6.79 Å². The van der Waals surface area contributed by atoms with E-state index in [1.165, 1.54) is 16.7 Å². The van der Waals surface area contributed by atoms with E-state index in [1.54, 1.807) is 0 Å². The molecule has 1 saturated carbocycles. The Balaban J connectivity index is 1.42. The number of Topliss-reactive ketones (excluding diaryl/α,β-unsaturated/α-hetero) is 1. The summed E-state index contributed by atoms with van der Waals surface area (Å²) in [5.74, 6) is 1.71. The fourth-order valence-electron chi connectivity index (χ4n) is 4.68. The topological polar surface area (TPSA) is 48.4 Å². The first-order chi connectivity index (χ1) is 14.5. The van der Waals surface area contributed by atoms with Crippen molar-refractivity contribution in [3.63, 3.8) is 0 Å². The summed E-state index contributed by atoms with van der Waals surface area (Å²) in [6, 6.07) is 16.2. The number of ketones is 1. The summed E-state index contributed by atoms with van der Waals surface area (Å²) in [5, 5.41) is 0. The maximum absolute atomic E-state index is 13.3. The average molecular weight is 399 g/mol. The summed E-state index contributed by atoms with van der Waals surface area (Å²) in [4.78, 5) is 18.2. The number of hydrogen-bond donors (Lipinski definition) is 0. The maximum atomic E-state index is 13.3. The van der Waals surface area contributed by atoms with Gasteiger partial charge < -0.3 is 9.47 Å². The third kappa shape index (κ3) is 3.17. The summed E-state index contributed by atoms with van der Waals surface area (Å²) in [7, 11) is 0. The monoisotopic (exact) mass is 399 g/mol. The van der Waals surface area contributed by atoms with E-state index in [-0.39, 0.29) is 12.6 Å². The number of fused-ring (bicyclic) bond motifs is 1. The van der Waals surface area contributed by atoms with E-state index in [2.05, 4.69) is 32.9 Å². The summed E-state index contributed by atoms with van der Waals surface area (Å²) >= 11 is 0. The third-order valence-electron chi connectivity index (χ3n) is 6.29. The molecule has 0 saturated heterocycles. The van der Waals surface area contributed by atoms with Crippen molar-refractivity contribution < 1.29 is 14.3 Å². The Morgan fingerprint density at radius 1 is 0.967 bits per heavy atom. The quantitative estimate of drug-likeness (QED) is 0.588. The van der Waals surface area contributed by atoms with Gasteiger partial charge in [-0.25, -0.2) is 0 Å². The number of nitrogens with zero attached hydrogens (tertiary/aromatic N) is 1. The van der Waals surface area contributed by atoms with Crippen LogP contribution in [-0.4, -0.2) is 17.6 Å². The molecule has 0 unspecified atom stereocenters. The first kappa shape index (κ1) is 18.9. The van der Waals surface area contributed by atoms with Crippen LogP contribution in [-0.2, 0) is 16.6 Å². The van der Waals surface area contributed by atoms with Gasteiger partial charge in [-0.15, -0.1) is 0 Å². The van der Waals surface area contributed by atoms with Crippen LogP contribution in [0.5, 0.6) is 11.5 Å². The fraction of sp³-hybridized carbons (Fsp3) is 0.308. The second kappa shape index (κ2) is 6.98. The fourth-order valence-corrected chi connectivity index (χ4v) is 4.68. The molecule has 0 radical (unpaired) electrons. The normalized spacial score (nSPS) is 15.8. The number of ether oxygens (including phenoxy) is 2. The van der Waals surface area contributed by atoms with Gasteiger partial charge in [-0.1, -0.05) is 29.8 Å². The second-order valence-electron chi connectivity index (χ2n) is 8.54. The number of carbonyl (C=O) groups is 1. The lowest BCUT2D eigenvalue weighted by Crippen LogP contribution is -2.23. The Labute approximate surface area is 176 Å². The molecule has 152 valence electrons. The van der Waals surface area contributed by atoms with Crippen LogP contribution in [0.1, 0.15) is 40.8 Å². The van der Waals surface area contributed by atoms with Gasteiger partial charge in [-0.3, -0.25) is 9.78 Å². The van der Waals surface area contributed by atoms with Crippen LogP contribution in [0, 0.1) is 20.8 Å². The Kier molecular flexibility index (Phi) is 4.39. The van der Waals surface area contributed by atoms with E-state index >= 15 is 0 Å². The van der Waals surface area contributed by atoms with E-state index in [4.69, 9.17) is 14.5 Å². The van der Waals surface area contributed by atoms with Gasteiger partial charge in [0.25, 0.3) is 0 Å². The highest BCUT2D eigenvalue weighted by Crippen LogP contribution is 2.51. The predicted octanol–water partition coefficient (Wildman–Crippen LogP) is 5.25. The van der Waals surface area contributed by atoms with Crippen LogP contribution in [0.15, 0.2) is 48.5 Å². The summed E-state index contributed by atoms with van der Waals surface area (Å²) in [5.41, 5.74) is 7.20. The van der Waals surface area contributed by atoms with Crippen molar-refractivity contribution in [2.75, 3.05) is 6.79 Å². The Hall–Kier alpha value is -3.14. The molecule has 1 aliphatic heterocycles. The molecule has 0 spiro atoms. The second-order valence-corrected chi connectivity index (χ2v) is 8.54. The molecule has 2 heterocycles. The van der Waals surface area contributed by atoms with Crippen LogP contribution < -0.4 is 9.47 Å². The van der Waals surface area contributed by atoms with E-state index in [9.17, 15) is 4.79 Å². The Morgan fingerprint density at radius 3 is 2.43 bits per heavy atom. The molecule has 1 aromatic heterocycles. The number of pyridine rings is 1. The van der Waals surface area contributed by atoms with E-state index in [0.29, 0.717) is 6.42 Å². The number of aromatic nitrogens is 1. The van der Waals surface area contributed by atoms with Gasteiger partial charge in [0.1, 0.15) is 5.78 Å². The summed E-state index contributed by atoms with van der Waals surface area (Å²) in [6.45, 7) is 6.59. The Morgan fingerprint density at radius 2 is 1.70 bits per heavy atom. The first-order valence-electron chi connectivity index (χ1n) is 10.4. The lowest BCUT2D eigenvalue weighted by atomic mass is 9.88. The molecule has 2 aromatic carbocycles. The van der Waals surface area contributed by atoms with Gasteiger partial charge >= 0.3 is 0 Å². The number of hydrogen-bond acceptors (Lipinski definition) is 4. The first-order valence-corrected chi connectivity index (χ1v) is 10.4. The van der Waals surface area contributed by atoms with Crippen LogP contribution in [0.25, 0.3) is 11.3 Å². The number of benzene rings is 2. The van der Waals surface area contributed by atoms with Crippen molar-refractivity contribution in [2.24, 2.45) is 0 Å². The lowest BCUT2D eigenvalue weighted by molar-refractivity contribution is -0.120. The largest absolute Gasteiger partial charge is 0.454 e. The van der Waals surface area contributed by atoms with Crippen molar-refractivity contribution in [3.05, 3.63) is 76.5 Å². The highest BCUT2D eigenvalue weighted by atomic mass is 16.7. The van der Waals surface area contributed by atoms with Gasteiger partial charge in [-0.05, 0) is 74.6 Å². The van der Waals surface area contributed by atoms with Gasteiger partial charge in [0, 0.05) is 17.7 Å².